The van der Waals surface area contributed by atoms with Crippen LogP contribution in [0.5, 0.6) is 5.75 Å². The van der Waals surface area contributed by atoms with Crippen molar-refractivity contribution in [2.75, 3.05) is 17.2 Å². The van der Waals surface area contributed by atoms with Crippen LogP contribution in [-0.4, -0.2) is 27.3 Å². The monoisotopic (exact) mass is 497 g/mol. The second-order valence-electron chi connectivity index (χ2n) is 8.33. The molecule has 0 aliphatic carbocycles. The highest BCUT2D eigenvalue weighted by Crippen LogP contribution is 2.37. The number of anilines is 2. The number of aromatic nitrogens is 3. The summed E-state index contributed by atoms with van der Waals surface area (Å²) in [6, 6.07) is 27.0. The van der Waals surface area contributed by atoms with Crippen molar-refractivity contribution in [2.24, 2.45) is 0 Å². The number of nitrogens with zero attached hydrogens (tertiary/aromatic N) is 3. The minimum atomic E-state index is -0.445. The van der Waals surface area contributed by atoms with E-state index in [4.69, 9.17) is 14.8 Å². The number of para-hydroxylation sites is 1. The molecule has 182 valence electrons. The number of ether oxygens (including phenoxy) is 1. The molecule has 3 aromatic carbocycles. The number of carbonyl (C=O) groups excluding carboxylic acids is 1. The van der Waals surface area contributed by atoms with E-state index < -0.39 is 6.04 Å². The Hall–Kier alpha value is -4.04. The lowest BCUT2D eigenvalue weighted by atomic mass is 9.95. The zero-order valence-electron chi connectivity index (χ0n) is 20.1. The lowest BCUT2D eigenvalue weighted by molar-refractivity contribution is -0.113. The number of amides is 1. The highest BCUT2D eigenvalue weighted by molar-refractivity contribution is 7.98. The van der Waals surface area contributed by atoms with Crippen LogP contribution >= 0.6 is 11.8 Å². The summed E-state index contributed by atoms with van der Waals surface area (Å²) < 4.78 is 7.43. The van der Waals surface area contributed by atoms with Crippen molar-refractivity contribution < 1.29 is 9.53 Å². The Labute approximate surface area is 214 Å². The molecule has 36 heavy (non-hydrogen) atoms. The van der Waals surface area contributed by atoms with Crippen LogP contribution in [-0.2, 0) is 10.5 Å². The Kier molecular flexibility index (Phi) is 7.04. The lowest BCUT2D eigenvalue weighted by Crippen LogP contribution is -2.31. The minimum absolute atomic E-state index is 0.190. The van der Waals surface area contributed by atoms with Crippen molar-refractivity contribution in [1.29, 1.82) is 0 Å². The molecule has 1 amide bonds. The zero-order chi connectivity index (χ0) is 24.9. The van der Waals surface area contributed by atoms with Crippen LogP contribution in [0.15, 0.2) is 101 Å². The normalized spacial score (nSPS) is 14.7. The quantitative estimate of drug-likeness (QED) is 0.295. The molecule has 1 atom stereocenters. The molecule has 1 unspecified atom stereocenters. The third kappa shape index (κ3) is 5.13. The molecule has 0 fully saturated rings. The predicted octanol–water partition coefficient (Wildman–Crippen LogP) is 5.90. The van der Waals surface area contributed by atoms with E-state index in [1.807, 2.05) is 86.6 Å². The fourth-order valence-corrected chi connectivity index (χ4v) is 4.93. The predicted molar refractivity (Wildman–Crippen MR) is 143 cm³/mol. The van der Waals surface area contributed by atoms with Gasteiger partial charge < -0.3 is 15.4 Å². The first kappa shape index (κ1) is 23.7. The van der Waals surface area contributed by atoms with Crippen LogP contribution in [0.3, 0.4) is 0 Å². The van der Waals surface area contributed by atoms with E-state index >= 15 is 0 Å². The van der Waals surface area contributed by atoms with Gasteiger partial charge in [-0.25, -0.2) is 4.68 Å². The molecule has 1 aromatic heterocycles. The average molecular weight is 498 g/mol. The number of hydrogen-bond acceptors (Lipinski definition) is 6. The molecule has 2 N–H and O–H groups in total. The molecule has 1 aliphatic heterocycles. The maximum Gasteiger partial charge on any atom is 0.255 e. The molecule has 5 rings (SSSR count). The summed E-state index contributed by atoms with van der Waals surface area (Å²) in [5.41, 5.74) is 4.17. The highest BCUT2D eigenvalue weighted by atomic mass is 32.2. The summed E-state index contributed by atoms with van der Waals surface area (Å²) in [4.78, 5) is 18.3. The molecular formula is C28H27N5O2S. The average Bonchev–Trinajstić information content (AvgIpc) is 3.31. The number of allylic oxidation sites excluding steroid dienone is 1. The van der Waals surface area contributed by atoms with Crippen LogP contribution in [0.2, 0.25) is 0 Å². The summed E-state index contributed by atoms with van der Waals surface area (Å²) >= 11 is 1.56. The summed E-state index contributed by atoms with van der Waals surface area (Å²) in [6.45, 7) is 4.44. The molecule has 0 saturated carbocycles. The number of nitrogens with one attached hydrogen (secondary N) is 2. The van der Waals surface area contributed by atoms with E-state index in [1.54, 1.807) is 16.4 Å². The fraction of sp³-hybridized carbons (Fsp3) is 0.179. The Bertz CT molecular complexity index is 1370. The van der Waals surface area contributed by atoms with Crippen LogP contribution in [0.1, 0.15) is 31.0 Å². The van der Waals surface area contributed by atoms with Crippen molar-refractivity contribution in [2.45, 2.75) is 30.8 Å². The van der Waals surface area contributed by atoms with E-state index in [9.17, 15) is 4.79 Å². The summed E-state index contributed by atoms with van der Waals surface area (Å²) in [5.74, 6) is 1.96. The van der Waals surface area contributed by atoms with Crippen molar-refractivity contribution in [3.63, 3.8) is 0 Å². The van der Waals surface area contributed by atoms with Gasteiger partial charge in [0.25, 0.3) is 5.91 Å². The maximum absolute atomic E-state index is 13.6. The molecule has 2 heterocycles. The smallest absolute Gasteiger partial charge is 0.255 e. The first-order valence-electron chi connectivity index (χ1n) is 11.8. The van der Waals surface area contributed by atoms with E-state index in [1.165, 1.54) is 5.56 Å². The zero-order valence-corrected chi connectivity index (χ0v) is 21.0. The lowest BCUT2D eigenvalue weighted by Gasteiger charge is -2.28. The molecular weight excluding hydrogens is 470 g/mol. The van der Waals surface area contributed by atoms with Gasteiger partial charge in [0.2, 0.25) is 11.1 Å². The Morgan fingerprint density at radius 2 is 1.72 bits per heavy atom. The minimum Gasteiger partial charge on any atom is -0.494 e. The molecule has 0 spiro atoms. The maximum atomic E-state index is 13.6. The first-order chi connectivity index (χ1) is 17.6. The molecule has 1 aliphatic rings. The van der Waals surface area contributed by atoms with Gasteiger partial charge in [0.1, 0.15) is 11.8 Å². The van der Waals surface area contributed by atoms with E-state index in [-0.39, 0.29) is 5.91 Å². The van der Waals surface area contributed by atoms with Crippen molar-refractivity contribution >= 4 is 29.3 Å². The van der Waals surface area contributed by atoms with E-state index in [2.05, 4.69) is 22.8 Å². The van der Waals surface area contributed by atoms with Gasteiger partial charge in [-0.1, -0.05) is 72.4 Å². The Morgan fingerprint density at radius 3 is 2.42 bits per heavy atom. The number of fused-ring (bicyclic) bond motifs is 1. The number of thioether (sulfide) groups is 1. The number of carbonyl (C=O) groups is 1. The molecule has 8 heteroatoms. The largest absolute Gasteiger partial charge is 0.494 e. The van der Waals surface area contributed by atoms with Crippen LogP contribution in [0, 0.1) is 0 Å². The standard InChI is InChI=1S/C28H27N5O2S/c1-3-35-23-16-14-21(15-17-23)25-24(26(34)30-22-12-8-5-9-13-22)19(2)29-27-31-28(32-33(25)27)36-18-20-10-6-4-7-11-20/h4-17,25H,3,18H2,1-2H3,(H,30,34)(H,29,31,32). The van der Waals surface area contributed by atoms with Crippen molar-refractivity contribution in [3.8, 4) is 5.75 Å². The first-order valence-corrected chi connectivity index (χ1v) is 12.8. The molecule has 0 saturated heterocycles. The van der Waals surface area contributed by atoms with Gasteiger partial charge in [-0.05, 0) is 49.2 Å². The summed E-state index contributed by atoms with van der Waals surface area (Å²) in [7, 11) is 0. The topological polar surface area (TPSA) is 81.1 Å². The van der Waals surface area contributed by atoms with Crippen LogP contribution in [0.4, 0.5) is 11.6 Å². The molecule has 4 aromatic rings. The summed E-state index contributed by atoms with van der Waals surface area (Å²) in [6.07, 6.45) is 0. The summed E-state index contributed by atoms with van der Waals surface area (Å²) in [5, 5.41) is 11.8. The van der Waals surface area contributed by atoms with Gasteiger partial charge in [-0.15, -0.1) is 5.10 Å². The van der Waals surface area contributed by atoms with Crippen molar-refractivity contribution in [3.05, 3.63) is 107 Å². The van der Waals surface area contributed by atoms with E-state index in [0.717, 1.165) is 28.5 Å². The van der Waals surface area contributed by atoms with Gasteiger partial charge in [-0.2, -0.15) is 4.98 Å². The number of benzene rings is 3. The fourth-order valence-electron chi connectivity index (χ4n) is 4.15. The van der Waals surface area contributed by atoms with Crippen LogP contribution < -0.4 is 15.4 Å². The highest BCUT2D eigenvalue weighted by Gasteiger charge is 2.34. The number of hydrogen-bond donors (Lipinski definition) is 2. The SMILES string of the molecule is CCOc1ccc(C2C(C(=O)Nc3ccccc3)=C(C)Nc3nc(SCc4ccccc4)nn32)cc1. The number of rotatable bonds is 8. The molecule has 0 radical (unpaired) electrons. The van der Waals surface area contributed by atoms with Gasteiger partial charge in [0.15, 0.2) is 0 Å². The third-order valence-corrected chi connectivity index (χ3v) is 6.74. The van der Waals surface area contributed by atoms with Gasteiger partial charge in [0.05, 0.1) is 12.2 Å². The van der Waals surface area contributed by atoms with Crippen LogP contribution in [0.25, 0.3) is 0 Å². The van der Waals surface area contributed by atoms with Gasteiger partial charge in [0, 0.05) is 17.1 Å². The van der Waals surface area contributed by atoms with Gasteiger partial charge in [-0.3, -0.25) is 4.79 Å². The second kappa shape index (κ2) is 10.7. The van der Waals surface area contributed by atoms with Gasteiger partial charge >= 0.3 is 0 Å². The van der Waals surface area contributed by atoms with E-state index in [0.29, 0.717) is 23.3 Å². The second-order valence-corrected chi connectivity index (χ2v) is 9.27. The third-order valence-electron chi connectivity index (χ3n) is 5.83. The molecule has 7 nitrogen and oxygen atoms in total. The Balaban J connectivity index is 1.49. The van der Waals surface area contributed by atoms with Crippen molar-refractivity contribution in [1.82, 2.24) is 14.8 Å². The Morgan fingerprint density at radius 1 is 1.03 bits per heavy atom. The molecule has 0 bridgehead atoms.